The Bertz CT molecular complexity index is 515. The van der Waals surface area contributed by atoms with Crippen LogP contribution in [0.5, 0.6) is 0 Å². The van der Waals surface area contributed by atoms with Gasteiger partial charge in [-0.1, -0.05) is 23.2 Å². The second kappa shape index (κ2) is 7.38. The molecule has 2 unspecified atom stereocenters. The van der Waals surface area contributed by atoms with Crippen LogP contribution >= 0.6 is 23.2 Å². The van der Waals surface area contributed by atoms with E-state index in [0.717, 1.165) is 0 Å². The fourth-order valence-corrected chi connectivity index (χ4v) is 2.50. The number of hydrogen-bond acceptors (Lipinski definition) is 5. The van der Waals surface area contributed by atoms with E-state index < -0.39 is 0 Å². The highest BCUT2D eigenvalue weighted by Crippen LogP contribution is 2.22. The molecule has 8 heteroatoms. The molecular formula is C13H17Cl2N3O3. The summed E-state index contributed by atoms with van der Waals surface area (Å²) in [6, 6.07) is 1.62. The van der Waals surface area contributed by atoms with Gasteiger partial charge in [-0.05, 0) is 13.0 Å². The van der Waals surface area contributed by atoms with Crippen molar-refractivity contribution in [1.82, 2.24) is 9.88 Å². The Balaban J connectivity index is 1.94. The standard InChI is InChI=1S/C13H17Cl2N3O3/c1-8-7-21-10(6-19)4-18(8)5-12(20)17-13-11(15)2-9(14)3-16-13/h2-3,8,10,19H,4-7H2,1H3,(H,16,17,20). The molecule has 1 aliphatic rings. The predicted octanol–water partition coefficient (Wildman–Crippen LogP) is 1.41. The summed E-state index contributed by atoms with van der Waals surface area (Å²) in [7, 11) is 0. The molecule has 1 aromatic heterocycles. The fourth-order valence-electron chi connectivity index (χ4n) is 2.07. The van der Waals surface area contributed by atoms with Gasteiger partial charge in [-0.3, -0.25) is 9.69 Å². The van der Waals surface area contributed by atoms with Gasteiger partial charge >= 0.3 is 0 Å². The number of pyridine rings is 1. The van der Waals surface area contributed by atoms with Gasteiger partial charge in [0.05, 0.1) is 35.9 Å². The SMILES string of the molecule is CC1COC(CO)CN1CC(=O)Nc1ncc(Cl)cc1Cl. The first-order chi connectivity index (χ1) is 9.99. The Hall–Kier alpha value is -0.920. The minimum absolute atomic E-state index is 0.0601. The quantitative estimate of drug-likeness (QED) is 0.871. The van der Waals surface area contributed by atoms with E-state index in [1.54, 1.807) is 0 Å². The van der Waals surface area contributed by atoms with E-state index in [2.05, 4.69) is 10.3 Å². The molecule has 0 saturated carbocycles. The monoisotopic (exact) mass is 333 g/mol. The van der Waals surface area contributed by atoms with Crippen molar-refractivity contribution in [3.8, 4) is 0 Å². The molecule has 0 radical (unpaired) electrons. The van der Waals surface area contributed by atoms with Crippen molar-refractivity contribution in [1.29, 1.82) is 0 Å². The number of halogens is 2. The zero-order valence-electron chi connectivity index (χ0n) is 11.6. The maximum Gasteiger partial charge on any atom is 0.239 e. The van der Waals surface area contributed by atoms with Crippen LogP contribution in [-0.2, 0) is 9.53 Å². The molecule has 21 heavy (non-hydrogen) atoms. The number of hydrogen-bond donors (Lipinski definition) is 2. The summed E-state index contributed by atoms with van der Waals surface area (Å²) in [5.74, 6) is 0.0582. The van der Waals surface area contributed by atoms with Crippen molar-refractivity contribution in [2.24, 2.45) is 0 Å². The Morgan fingerprint density at radius 3 is 3.05 bits per heavy atom. The number of anilines is 1. The summed E-state index contributed by atoms with van der Waals surface area (Å²) >= 11 is 11.7. The van der Waals surface area contributed by atoms with Gasteiger partial charge in [-0.15, -0.1) is 0 Å². The third-order valence-corrected chi connectivity index (χ3v) is 3.75. The van der Waals surface area contributed by atoms with E-state index >= 15 is 0 Å². The van der Waals surface area contributed by atoms with Crippen LogP contribution in [0.25, 0.3) is 0 Å². The van der Waals surface area contributed by atoms with Crippen LogP contribution in [-0.4, -0.2) is 59.3 Å². The number of ether oxygens (including phenoxy) is 1. The number of aliphatic hydroxyl groups is 1. The summed E-state index contributed by atoms with van der Waals surface area (Å²) in [4.78, 5) is 18.0. The molecule has 1 saturated heterocycles. The van der Waals surface area contributed by atoms with Crippen LogP contribution in [0.2, 0.25) is 10.0 Å². The van der Waals surface area contributed by atoms with E-state index in [4.69, 9.17) is 33.0 Å². The lowest BCUT2D eigenvalue weighted by molar-refractivity contribution is -0.122. The first-order valence-electron chi connectivity index (χ1n) is 6.57. The van der Waals surface area contributed by atoms with E-state index in [-0.39, 0.29) is 37.0 Å². The molecule has 1 fully saturated rings. The van der Waals surface area contributed by atoms with Crippen LogP contribution in [0.1, 0.15) is 6.92 Å². The van der Waals surface area contributed by atoms with E-state index in [1.165, 1.54) is 12.3 Å². The van der Waals surface area contributed by atoms with Crippen molar-refractivity contribution in [3.63, 3.8) is 0 Å². The Morgan fingerprint density at radius 1 is 1.62 bits per heavy atom. The van der Waals surface area contributed by atoms with Crippen molar-refractivity contribution in [3.05, 3.63) is 22.3 Å². The number of rotatable bonds is 4. The second-order valence-corrected chi connectivity index (χ2v) is 5.79. The normalized spacial score (nSPS) is 23.0. The zero-order chi connectivity index (χ0) is 15.4. The fraction of sp³-hybridized carbons (Fsp3) is 0.538. The summed E-state index contributed by atoms with van der Waals surface area (Å²) < 4.78 is 5.43. The molecule has 0 aliphatic carbocycles. The minimum atomic E-state index is -0.258. The molecule has 1 aromatic rings. The lowest BCUT2D eigenvalue weighted by Gasteiger charge is -2.36. The molecule has 0 aromatic carbocycles. The number of aromatic nitrogens is 1. The average Bonchev–Trinajstić information content (AvgIpc) is 2.44. The van der Waals surface area contributed by atoms with Crippen LogP contribution in [0, 0.1) is 0 Å². The van der Waals surface area contributed by atoms with Gasteiger partial charge < -0.3 is 15.2 Å². The molecule has 2 N–H and O–H groups in total. The number of nitrogens with zero attached hydrogens (tertiary/aromatic N) is 2. The number of amides is 1. The van der Waals surface area contributed by atoms with Crippen LogP contribution in [0.3, 0.4) is 0 Å². The lowest BCUT2D eigenvalue weighted by Crippen LogP contribution is -2.51. The third kappa shape index (κ3) is 4.52. The number of morpholine rings is 1. The van der Waals surface area contributed by atoms with E-state index in [0.29, 0.717) is 23.2 Å². The van der Waals surface area contributed by atoms with E-state index in [1.807, 2.05) is 11.8 Å². The third-order valence-electron chi connectivity index (χ3n) is 3.25. The van der Waals surface area contributed by atoms with Crippen LogP contribution < -0.4 is 5.32 Å². The van der Waals surface area contributed by atoms with Crippen molar-refractivity contribution >= 4 is 34.9 Å². The zero-order valence-corrected chi connectivity index (χ0v) is 13.1. The topological polar surface area (TPSA) is 74.7 Å². The summed E-state index contributed by atoms with van der Waals surface area (Å²) in [6.07, 6.45) is 1.16. The van der Waals surface area contributed by atoms with Gasteiger partial charge in [0.2, 0.25) is 5.91 Å². The van der Waals surface area contributed by atoms with Crippen molar-refractivity contribution < 1.29 is 14.6 Å². The van der Waals surface area contributed by atoms with Gasteiger partial charge in [0.25, 0.3) is 0 Å². The van der Waals surface area contributed by atoms with Gasteiger partial charge in [0.1, 0.15) is 0 Å². The highest BCUT2D eigenvalue weighted by atomic mass is 35.5. The Morgan fingerprint density at radius 2 is 2.38 bits per heavy atom. The Labute approximate surface area is 133 Å². The summed E-state index contributed by atoms with van der Waals surface area (Å²) in [5, 5.41) is 12.5. The molecule has 2 rings (SSSR count). The number of carbonyl (C=O) groups is 1. The first kappa shape index (κ1) is 16.5. The minimum Gasteiger partial charge on any atom is -0.394 e. The summed E-state index contributed by atoms with van der Waals surface area (Å²) in [6.45, 7) is 3.08. The van der Waals surface area contributed by atoms with Gasteiger partial charge in [-0.2, -0.15) is 0 Å². The predicted molar refractivity (Wildman–Crippen MR) is 80.7 cm³/mol. The maximum atomic E-state index is 12.1. The number of nitrogens with one attached hydrogen (secondary N) is 1. The largest absolute Gasteiger partial charge is 0.394 e. The molecular weight excluding hydrogens is 317 g/mol. The second-order valence-electron chi connectivity index (χ2n) is 4.95. The Kier molecular flexibility index (Phi) is 5.78. The van der Waals surface area contributed by atoms with Gasteiger partial charge in [0.15, 0.2) is 5.82 Å². The molecule has 0 spiro atoms. The molecule has 116 valence electrons. The molecule has 1 amide bonds. The molecule has 2 atom stereocenters. The number of carbonyl (C=O) groups excluding carboxylic acids is 1. The highest BCUT2D eigenvalue weighted by molar-refractivity contribution is 6.36. The lowest BCUT2D eigenvalue weighted by atomic mass is 10.2. The van der Waals surface area contributed by atoms with Crippen molar-refractivity contribution in [2.75, 3.05) is 31.6 Å². The van der Waals surface area contributed by atoms with E-state index in [9.17, 15) is 4.79 Å². The summed E-state index contributed by atoms with van der Waals surface area (Å²) in [5.41, 5.74) is 0. The average molecular weight is 334 g/mol. The first-order valence-corrected chi connectivity index (χ1v) is 7.32. The highest BCUT2D eigenvalue weighted by Gasteiger charge is 2.27. The maximum absolute atomic E-state index is 12.1. The van der Waals surface area contributed by atoms with Crippen molar-refractivity contribution in [2.45, 2.75) is 19.1 Å². The van der Waals surface area contributed by atoms with Gasteiger partial charge in [-0.25, -0.2) is 4.98 Å². The van der Waals surface area contributed by atoms with Crippen LogP contribution in [0.4, 0.5) is 5.82 Å². The molecule has 2 heterocycles. The smallest absolute Gasteiger partial charge is 0.239 e. The number of aliphatic hydroxyl groups excluding tert-OH is 1. The molecule has 1 aliphatic heterocycles. The molecule has 0 bridgehead atoms. The van der Waals surface area contributed by atoms with Gasteiger partial charge in [0, 0.05) is 18.8 Å². The van der Waals surface area contributed by atoms with Crippen LogP contribution in [0.15, 0.2) is 12.3 Å². The molecule has 6 nitrogen and oxygen atoms in total.